The van der Waals surface area contributed by atoms with E-state index in [-0.39, 0.29) is 42.5 Å². The van der Waals surface area contributed by atoms with E-state index in [1.54, 1.807) is 12.1 Å². The number of carbonyl (C=O) groups excluding carboxylic acids is 2. The average Bonchev–Trinajstić information content (AvgIpc) is 3.61. The molecule has 0 radical (unpaired) electrons. The number of H-pyrrole nitrogens is 1. The number of halogens is 3. The molecule has 0 bridgehead atoms. The Morgan fingerprint density at radius 3 is 2.60 bits per heavy atom. The molecule has 3 aromatic heterocycles. The topological polar surface area (TPSA) is 192 Å². The van der Waals surface area contributed by atoms with Gasteiger partial charge >= 0.3 is 6.18 Å². The Labute approximate surface area is 237 Å². The SMILES string of the molecule is CCc1cc(Nc2nccn3c(-c4cn[nH]c4C(F)(F)F)cnc23)ccc1C(=O)NCCCNC(=O)CCN.O=CO. The number of alkyl halides is 3. The zero-order chi connectivity index (χ0) is 30.7. The molecule has 0 fully saturated rings. The van der Waals surface area contributed by atoms with Crippen LogP contribution < -0.4 is 21.7 Å². The number of hydrogen-bond donors (Lipinski definition) is 6. The minimum Gasteiger partial charge on any atom is -0.483 e. The minimum atomic E-state index is -4.60. The molecule has 0 unspecified atom stereocenters. The number of carbonyl (C=O) groups is 3. The quantitative estimate of drug-likeness (QED) is 0.113. The first-order chi connectivity index (χ1) is 20.1. The van der Waals surface area contributed by atoms with Crippen LogP contribution >= 0.6 is 0 Å². The first kappa shape index (κ1) is 31.5. The highest BCUT2D eigenvalue weighted by Gasteiger charge is 2.36. The smallest absolute Gasteiger partial charge is 0.433 e. The molecule has 0 aliphatic heterocycles. The van der Waals surface area contributed by atoms with Crippen LogP contribution in [0.5, 0.6) is 0 Å². The molecule has 0 aliphatic rings. The van der Waals surface area contributed by atoms with E-state index in [9.17, 15) is 22.8 Å². The van der Waals surface area contributed by atoms with E-state index >= 15 is 0 Å². The molecule has 2 amide bonds. The van der Waals surface area contributed by atoms with Gasteiger partial charge < -0.3 is 26.8 Å². The van der Waals surface area contributed by atoms with Crippen LogP contribution in [0.3, 0.4) is 0 Å². The number of aryl methyl sites for hydroxylation is 1. The summed E-state index contributed by atoms with van der Waals surface area (Å²) in [4.78, 5) is 41.1. The van der Waals surface area contributed by atoms with E-state index in [0.717, 1.165) is 11.8 Å². The molecule has 4 rings (SSSR count). The van der Waals surface area contributed by atoms with Crippen molar-refractivity contribution in [1.29, 1.82) is 0 Å². The lowest BCUT2D eigenvalue weighted by Crippen LogP contribution is -2.31. The molecule has 0 saturated heterocycles. The molecule has 4 aromatic rings. The third kappa shape index (κ3) is 7.81. The number of hydrogen-bond acceptors (Lipinski definition) is 8. The van der Waals surface area contributed by atoms with Crippen LogP contribution in [-0.4, -0.2) is 67.6 Å². The van der Waals surface area contributed by atoms with Crippen LogP contribution in [0.4, 0.5) is 24.7 Å². The summed E-state index contributed by atoms with van der Waals surface area (Å²) in [6.07, 6.45) is 2.23. The van der Waals surface area contributed by atoms with Crippen molar-refractivity contribution in [3.8, 4) is 11.3 Å². The summed E-state index contributed by atoms with van der Waals surface area (Å²) >= 11 is 0. The average molecular weight is 590 g/mol. The summed E-state index contributed by atoms with van der Waals surface area (Å²) in [5.74, 6) is -0.0217. The minimum absolute atomic E-state index is 0.121. The summed E-state index contributed by atoms with van der Waals surface area (Å²) in [6, 6.07) is 5.22. The fourth-order valence-electron chi connectivity index (χ4n) is 4.06. The maximum atomic E-state index is 13.4. The monoisotopic (exact) mass is 589 g/mol. The Bertz CT molecular complexity index is 1520. The van der Waals surface area contributed by atoms with Gasteiger partial charge in [0.15, 0.2) is 11.5 Å². The fourth-order valence-corrected chi connectivity index (χ4v) is 4.06. The highest BCUT2D eigenvalue weighted by atomic mass is 19.4. The number of imidazole rings is 1. The van der Waals surface area contributed by atoms with Gasteiger partial charge in [0.1, 0.15) is 5.69 Å². The number of carboxylic acid groups (broad SMARTS) is 1. The largest absolute Gasteiger partial charge is 0.483 e. The van der Waals surface area contributed by atoms with Gasteiger partial charge in [-0.1, -0.05) is 6.92 Å². The van der Waals surface area contributed by atoms with Gasteiger partial charge in [0, 0.05) is 49.7 Å². The van der Waals surface area contributed by atoms with Crippen molar-refractivity contribution in [2.45, 2.75) is 32.4 Å². The Morgan fingerprint density at radius 1 is 1.17 bits per heavy atom. The van der Waals surface area contributed by atoms with Crippen molar-refractivity contribution in [3.63, 3.8) is 0 Å². The van der Waals surface area contributed by atoms with E-state index < -0.39 is 11.9 Å². The molecule has 0 aliphatic carbocycles. The Balaban J connectivity index is 0.00000155. The van der Waals surface area contributed by atoms with Crippen molar-refractivity contribution in [1.82, 2.24) is 35.2 Å². The van der Waals surface area contributed by atoms with Crippen molar-refractivity contribution in [2.24, 2.45) is 5.73 Å². The molecule has 1 aromatic carbocycles. The maximum Gasteiger partial charge on any atom is 0.433 e. The van der Waals surface area contributed by atoms with Gasteiger partial charge in [-0.05, 0) is 36.6 Å². The van der Waals surface area contributed by atoms with E-state index in [2.05, 4.69) is 31.0 Å². The van der Waals surface area contributed by atoms with E-state index in [1.165, 1.54) is 23.0 Å². The molecule has 0 atom stereocenters. The van der Waals surface area contributed by atoms with Crippen molar-refractivity contribution in [2.75, 3.05) is 25.0 Å². The molecule has 7 N–H and O–H groups in total. The van der Waals surface area contributed by atoms with Crippen molar-refractivity contribution >= 4 is 35.4 Å². The number of nitrogens with zero attached hydrogens (tertiary/aromatic N) is 4. The van der Waals surface area contributed by atoms with Crippen LogP contribution in [0.2, 0.25) is 0 Å². The van der Waals surface area contributed by atoms with Crippen LogP contribution in [0.1, 0.15) is 41.4 Å². The summed E-state index contributed by atoms with van der Waals surface area (Å²) in [7, 11) is 0. The number of nitrogens with one attached hydrogen (secondary N) is 4. The molecule has 224 valence electrons. The Hall–Kier alpha value is -4.99. The number of nitrogens with two attached hydrogens (primary N) is 1. The molecule has 0 spiro atoms. The number of aromatic amines is 1. The maximum absolute atomic E-state index is 13.4. The fraction of sp³-hybridized carbons (Fsp3) is 0.308. The molecular formula is C26H30F3N9O4. The number of aromatic nitrogens is 5. The second kappa shape index (κ2) is 14.6. The lowest BCUT2D eigenvalue weighted by atomic mass is 10.0. The first-order valence-corrected chi connectivity index (χ1v) is 12.8. The van der Waals surface area contributed by atoms with Crippen molar-refractivity contribution < 1.29 is 32.7 Å². The van der Waals surface area contributed by atoms with E-state index in [0.29, 0.717) is 48.6 Å². The third-order valence-electron chi connectivity index (χ3n) is 5.95. The predicted molar refractivity (Wildman–Crippen MR) is 147 cm³/mol. The van der Waals surface area contributed by atoms with Gasteiger partial charge in [0.05, 0.1) is 23.7 Å². The molecule has 3 heterocycles. The number of rotatable bonds is 11. The molecule has 42 heavy (non-hydrogen) atoms. The molecule has 16 heteroatoms. The van der Waals surface area contributed by atoms with E-state index in [1.807, 2.05) is 18.1 Å². The van der Waals surface area contributed by atoms with Gasteiger partial charge in [-0.15, -0.1) is 0 Å². The Morgan fingerprint density at radius 2 is 1.90 bits per heavy atom. The predicted octanol–water partition coefficient (Wildman–Crippen LogP) is 2.73. The Kier molecular flexibility index (Phi) is 11.0. The first-order valence-electron chi connectivity index (χ1n) is 12.8. The number of fused-ring (bicyclic) bond motifs is 1. The number of amides is 2. The second-order valence-corrected chi connectivity index (χ2v) is 8.72. The second-order valence-electron chi connectivity index (χ2n) is 8.72. The van der Waals surface area contributed by atoms with Gasteiger partial charge in [-0.3, -0.25) is 23.9 Å². The van der Waals surface area contributed by atoms with Crippen LogP contribution in [0, 0.1) is 0 Å². The summed E-state index contributed by atoms with van der Waals surface area (Å²) < 4.78 is 41.7. The molecular weight excluding hydrogens is 559 g/mol. The highest BCUT2D eigenvalue weighted by Crippen LogP contribution is 2.36. The van der Waals surface area contributed by atoms with Crippen molar-refractivity contribution in [3.05, 3.63) is 59.8 Å². The van der Waals surface area contributed by atoms with Crippen LogP contribution in [0.15, 0.2) is 43.0 Å². The lowest BCUT2D eigenvalue weighted by Gasteiger charge is -2.13. The van der Waals surface area contributed by atoms with Gasteiger partial charge in [0.25, 0.3) is 12.4 Å². The lowest BCUT2D eigenvalue weighted by molar-refractivity contribution is -0.140. The normalized spacial score (nSPS) is 11.0. The summed E-state index contributed by atoms with van der Waals surface area (Å²) in [6.45, 7) is 2.79. The van der Waals surface area contributed by atoms with Gasteiger partial charge in [-0.2, -0.15) is 18.3 Å². The third-order valence-corrected chi connectivity index (χ3v) is 5.95. The van der Waals surface area contributed by atoms with E-state index in [4.69, 9.17) is 15.6 Å². The zero-order valence-corrected chi connectivity index (χ0v) is 22.5. The van der Waals surface area contributed by atoms with Gasteiger partial charge in [-0.25, -0.2) is 9.97 Å². The standard InChI is InChI=1S/C25H28F3N9O2.CH2O2/c1-2-15-12-16(4-5-17(15)24(39)32-9-3-8-30-20(38)6-7-29)35-22-23-33-14-19(37(23)11-10-31-22)18-13-34-36-21(18)25(26,27)28;2-1-3/h4-5,10-14H,2-3,6-9,29H2,1H3,(H,30,38)(H,31,35)(H,32,39)(H,34,36);1H,(H,2,3). The number of benzene rings is 1. The zero-order valence-electron chi connectivity index (χ0n) is 22.5. The van der Waals surface area contributed by atoms with Crippen LogP contribution in [-0.2, 0) is 22.2 Å². The van der Waals surface area contributed by atoms with Crippen LogP contribution in [0.25, 0.3) is 16.9 Å². The van der Waals surface area contributed by atoms with Gasteiger partial charge in [0.2, 0.25) is 5.91 Å². The molecule has 13 nitrogen and oxygen atoms in total. The highest BCUT2D eigenvalue weighted by molar-refractivity contribution is 5.96. The summed E-state index contributed by atoms with van der Waals surface area (Å²) in [5.41, 5.74) is 6.71. The number of anilines is 2. The summed E-state index contributed by atoms with van der Waals surface area (Å²) in [5, 5.41) is 21.2. The molecule has 0 saturated carbocycles.